The molecule has 2 heteroatoms. The van der Waals surface area contributed by atoms with Gasteiger partial charge in [0.1, 0.15) is 0 Å². The number of allylic oxidation sites excluding steroid dienone is 1. The lowest BCUT2D eigenvalue weighted by Gasteiger charge is -2.57. The highest BCUT2D eigenvalue weighted by Gasteiger charge is 2.54. The number of rotatable bonds is 1. The largest absolute Gasteiger partial charge is 0.350 e. The number of fused-ring (bicyclic) bond motifs is 1. The van der Waals surface area contributed by atoms with E-state index in [0.29, 0.717) is 17.9 Å². The maximum absolute atomic E-state index is 6.63. The Morgan fingerprint density at radius 1 is 1.12 bits per heavy atom. The van der Waals surface area contributed by atoms with Gasteiger partial charge in [-0.3, -0.25) is 0 Å². The molecule has 0 aromatic carbocycles. The molecule has 2 saturated carbocycles. The van der Waals surface area contributed by atoms with Gasteiger partial charge >= 0.3 is 0 Å². The topological polar surface area (TPSA) is 18.5 Å². The lowest BCUT2D eigenvalue weighted by atomic mass is 9.52. The molecule has 142 valence electrons. The van der Waals surface area contributed by atoms with E-state index in [-0.39, 0.29) is 0 Å². The lowest BCUT2D eigenvalue weighted by molar-refractivity contribution is -0.312. The second-order valence-electron chi connectivity index (χ2n) is 10.3. The summed E-state index contributed by atoms with van der Waals surface area (Å²) >= 11 is 0. The fraction of sp³-hybridized carbons (Fsp3) is 0.913. The first kappa shape index (κ1) is 18.0. The number of ether oxygens (including phenoxy) is 2. The van der Waals surface area contributed by atoms with Crippen molar-refractivity contribution >= 4 is 0 Å². The van der Waals surface area contributed by atoms with Crippen LogP contribution in [-0.2, 0) is 9.47 Å². The van der Waals surface area contributed by atoms with E-state index >= 15 is 0 Å². The molecular weight excluding hydrogens is 308 g/mol. The highest BCUT2D eigenvalue weighted by Crippen LogP contribution is 2.58. The van der Waals surface area contributed by atoms with E-state index in [1.54, 1.807) is 5.57 Å². The predicted molar refractivity (Wildman–Crippen MR) is 102 cm³/mol. The normalized spacial score (nSPS) is 46.4. The van der Waals surface area contributed by atoms with Gasteiger partial charge < -0.3 is 9.47 Å². The van der Waals surface area contributed by atoms with E-state index < -0.39 is 5.79 Å². The first-order valence-corrected chi connectivity index (χ1v) is 10.8. The molecule has 4 bridgehead atoms. The van der Waals surface area contributed by atoms with Crippen LogP contribution in [0.4, 0.5) is 0 Å². The van der Waals surface area contributed by atoms with Crippen LogP contribution in [0.3, 0.4) is 0 Å². The summed E-state index contributed by atoms with van der Waals surface area (Å²) in [5.74, 6) is 4.85. The molecular formula is C23H38O2. The van der Waals surface area contributed by atoms with Crippen molar-refractivity contribution in [2.75, 3.05) is 6.61 Å². The molecule has 0 N–H and O–H groups in total. The second kappa shape index (κ2) is 6.37. The molecule has 0 aromatic heterocycles. The molecule has 3 aliphatic carbocycles. The van der Waals surface area contributed by atoms with Crippen LogP contribution in [0, 0.1) is 41.4 Å². The summed E-state index contributed by atoms with van der Waals surface area (Å²) in [5, 5.41) is 0. The van der Waals surface area contributed by atoms with Crippen molar-refractivity contribution in [2.24, 2.45) is 41.4 Å². The van der Waals surface area contributed by atoms with Crippen LogP contribution in [0.25, 0.3) is 0 Å². The van der Waals surface area contributed by atoms with Crippen LogP contribution >= 0.6 is 0 Å². The van der Waals surface area contributed by atoms with E-state index in [2.05, 4.69) is 41.5 Å². The Kier molecular flexibility index (Phi) is 4.60. The van der Waals surface area contributed by atoms with Crippen LogP contribution in [0.1, 0.15) is 73.6 Å². The summed E-state index contributed by atoms with van der Waals surface area (Å²) in [6.45, 7) is 15.0. The van der Waals surface area contributed by atoms with Gasteiger partial charge in [-0.05, 0) is 76.0 Å². The van der Waals surface area contributed by atoms with Crippen LogP contribution < -0.4 is 0 Å². The summed E-state index contributed by atoms with van der Waals surface area (Å²) < 4.78 is 12.7. The van der Waals surface area contributed by atoms with Crippen LogP contribution in [0.2, 0.25) is 0 Å². The van der Waals surface area contributed by atoms with Crippen molar-refractivity contribution in [1.82, 2.24) is 0 Å². The molecule has 25 heavy (non-hydrogen) atoms. The lowest BCUT2D eigenvalue weighted by Crippen LogP contribution is -2.57. The Hall–Kier alpha value is -0.340. The van der Waals surface area contributed by atoms with E-state index in [1.807, 2.05) is 5.57 Å². The third-order valence-electron chi connectivity index (χ3n) is 8.06. The van der Waals surface area contributed by atoms with E-state index in [4.69, 9.17) is 9.47 Å². The molecule has 1 unspecified atom stereocenters. The van der Waals surface area contributed by atoms with E-state index in [0.717, 1.165) is 36.2 Å². The molecule has 2 nitrogen and oxygen atoms in total. The summed E-state index contributed by atoms with van der Waals surface area (Å²) in [7, 11) is 0. The first-order valence-electron chi connectivity index (χ1n) is 10.8. The highest BCUT2D eigenvalue weighted by molar-refractivity contribution is 5.29. The molecule has 0 radical (unpaired) electrons. The zero-order valence-corrected chi connectivity index (χ0v) is 17.2. The van der Waals surface area contributed by atoms with Gasteiger partial charge in [-0.15, -0.1) is 0 Å². The van der Waals surface area contributed by atoms with Gasteiger partial charge in [-0.2, -0.15) is 0 Å². The molecule has 0 aromatic rings. The van der Waals surface area contributed by atoms with Crippen LogP contribution in [-0.4, -0.2) is 18.5 Å². The fourth-order valence-electron chi connectivity index (χ4n) is 6.80. The Balaban J connectivity index is 1.80. The van der Waals surface area contributed by atoms with Crippen molar-refractivity contribution in [3.8, 4) is 0 Å². The summed E-state index contributed by atoms with van der Waals surface area (Å²) in [6.07, 6.45) is 7.17. The molecule has 4 aliphatic rings. The Morgan fingerprint density at radius 2 is 1.88 bits per heavy atom. The summed E-state index contributed by atoms with van der Waals surface area (Å²) in [4.78, 5) is 0. The zero-order chi connectivity index (χ0) is 17.9. The van der Waals surface area contributed by atoms with Gasteiger partial charge in [0.15, 0.2) is 5.79 Å². The van der Waals surface area contributed by atoms with Gasteiger partial charge in [-0.1, -0.05) is 38.3 Å². The standard InChI is InChI=1S/C23H38O2/c1-13(2)17-9-7-14(3)18-10-8-15(4)20-19(17)11-16-12-24-23(5,6)25-22(16)21(18)20/h13-14,16-19,21-22H,7-12H2,1-6H3/t14-,16+,17-,18+,19+,21?,22-/m1/s1. The first-order chi connectivity index (χ1) is 11.8. The van der Waals surface area contributed by atoms with E-state index in [1.165, 1.54) is 32.1 Å². The average molecular weight is 347 g/mol. The highest BCUT2D eigenvalue weighted by atomic mass is 16.7. The monoisotopic (exact) mass is 346 g/mol. The number of hydrogen-bond acceptors (Lipinski definition) is 2. The quantitative estimate of drug-likeness (QED) is 0.557. The maximum atomic E-state index is 6.63. The van der Waals surface area contributed by atoms with Crippen molar-refractivity contribution in [3.63, 3.8) is 0 Å². The third kappa shape index (κ3) is 3.02. The third-order valence-corrected chi connectivity index (χ3v) is 8.06. The number of hydrogen-bond donors (Lipinski definition) is 0. The van der Waals surface area contributed by atoms with E-state index in [9.17, 15) is 0 Å². The van der Waals surface area contributed by atoms with Crippen LogP contribution in [0.5, 0.6) is 0 Å². The molecule has 4 rings (SSSR count). The molecule has 7 atom stereocenters. The van der Waals surface area contributed by atoms with Gasteiger partial charge in [-0.25, -0.2) is 0 Å². The summed E-state index contributed by atoms with van der Waals surface area (Å²) in [6, 6.07) is 0. The predicted octanol–water partition coefficient (Wildman–Crippen LogP) is 5.82. The summed E-state index contributed by atoms with van der Waals surface area (Å²) in [5.41, 5.74) is 3.54. The van der Waals surface area contributed by atoms with Gasteiger partial charge in [0, 0.05) is 11.8 Å². The van der Waals surface area contributed by atoms with Crippen molar-refractivity contribution in [3.05, 3.63) is 11.1 Å². The zero-order valence-electron chi connectivity index (χ0n) is 17.2. The molecule has 1 aliphatic heterocycles. The molecule has 3 fully saturated rings. The Labute approximate surface area is 154 Å². The smallest absolute Gasteiger partial charge is 0.163 e. The van der Waals surface area contributed by atoms with Crippen molar-refractivity contribution in [1.29, 1.82) is 0 Å². The molecule has 1 saturated heterocycles. The average Bonchev–Trinajstić information content (AvgIpc) is 2.53. The second-order valence-corrected chi connectivity index (χ2v) is 10.3. The molecule has 1 heterocycles. The maximum Gasteiger partial charge on any atom is 0.163 e. The minimum absolute atomic E-state index is 0.378. The van der Waals surface area contributed by atoms with Gasteiger partial charge in [0.05, 0.1) is 12.7 Å². The SMILES string of the molecule is CC1=C2C3[C@@H](CC1)[C@H](C)CC[C@H](C(C)C)[C@@H]2C[C@H]1COC(C)(C)O[C@@H]31. The Bertz CT molecular complexity index is 546. The Morgan fingerprint density at radius 3 is 2.60 bits per heavy atom. The van der Waals surface area contributed by atoms with Crippen molar-refractivity contribution < 1.29 is 9.47 Å². The van der Waals surface area contributed by atoms with Gasteiger partial charge in [0.25, 0.3) is 0 Å². The van der Waals surface area contributed by atoms with Crippen LogP contribution in [0.15, 0.2) is 11.1 Å². The molecule has 0 amide bonds. The van der Waals surface area contributed by atoms with Gasteiger partial charge in [0.2, 0.25) is 0 Å². The minimum atomic E-state index is -0.417. The minimum Gasteiger partial charge on any atom is -0.350 e. The molecule has 0 spiro atoms. The van der Waals surface area contributed by atoms with Crippen molar-refractivity contribution in [2.45, 2.75) is 85.5 Å². The fourth-order valence-corrected chi connectivity index (χ4v) is 6.80.